The van der Waals surface area contributed by atoms with Crippen LogP contribution in [0.25, 0.3) is 0 Å². The number of ether oxygens (including phenoxy) is 4. The first kappa shape index (κ1) is 103. The van der Waals surface area contributed by atoms with E-state index in [1.165, 1.54) is 57.8 Å². The Morgan fingerprint density at radius 3 is 0.824 bits per heavy atom. The predicted molar refractivity (Wildman–Crippen MR) is 445 cm³/mol. The van der Waals surface area contributed by atoms with Crippen LogP contribution in [0.5, 0.6) is 0 Å². The van der Waals surface area contributed by atoms with Gasteiger partial charge in [-0.25, -0.2) is 9.13 Å². The van der Waals surface area contributed by atoms with Crippen LogP contribution in [0.2, 0.25) is 0 Å². The minimum atomic E-state index is -5.01. The molecule has 0 saturated heterocycles. The topological polar surface area (TPSA) is 237 Å². The van der Waals surface area contributed by atoms with Crippen LogP contribution in [0.3, 0.4) is 0 Å². The second kappa shape index (κ2) is 79.8. The molecule has 0 saturated carbocycles. The molecule has 0 heterocycles. The highest BCUT2D eigenvalue weighted by molar-refractivity contribution is 7.47. The van der Waals surface area contributed by atoms with E-state index >= 15 is 0 Å². The van der Waals surface area contributed by atoms with Gasteiger partial charge in [-0.15, -0.1) is 0 Å². The summed E-state index contributed by atoms with van der Waals surface area (Å²) < 4.78 is 68.6. The zero-order valence-electron chi connectivity index (χ0n) is 67.5. The third-order valence-corrected chi connectivity index (χ3v) is 18.9. The lowest BCUT2D eigenvalue weighted by atomic mass is 10.1. The van der Waals surface area contributed by atoms with E-state index < -0.39 is 97.5 Å². The monoisotopic (exact) mass is 1550 g/mol. The lowest BCUT2D eigenvalue weighted by Gasteiger charge is -2.21. The first-order valence-corrected chi connectivity index (χ1v) is 44.7. The smallest absolute Gasteiger partial charge is 0.462 e. The molecule has 19 heteroatoms. The minimum Gasteiger partial charge on any atom is -0.462 e. The number of aliphatic hydroxyl groups is 1. The van der Waals surface area contributed by atoms with Crippen molar-refractivity contribution in [3.63, 3.8) is 0 Å². The molecule has 0 rings (SSSR count). The molecule has 0 radical (unpaired) electrons. The van der Waals surface area contributed by atoms with Crippen molar-refractivity contribution in [2.24, 2.45) is 0 Å². The van der Waals surface area contributed by atoms with E-state index in [4.69, 9.17) is 37.0 Å². The number of carbonyl (C=O) groups excluding carboxylic acids is 4. The van der Waals surface area contributed by atoms with Crippen molar-refractivity contribution in [2.75, 3.05) is 39.6 Å². The first-order valence-electron chi connectivity index (χ1n) is 41.7. The highest BCUT2D eigenvalue weighted by atomic mass is 31.2. The molecule has 0 fully saturated rings. The van der Waals surface area contributed by atoms with Crippen molar-refractivity contribution in [3.05, 3.63) is 158 Å². The SMILES string of the molecule is CC/C=C\C/C=C\C/C=C\C/C=C\C/C=C\C/C=C\CCC(=O)OCC(COP(=O)(O)OCC(O)COP(=O)(O)OCC(COC(=O)CCCCCCCC/C=C\C/C=C\C/C=C\C/C=C\CC)OC(=O)CCCCCCC/C=C\CCCCCCCC)OC(=O)CCCCCCC/C=C\C/C=C\CCCCC. The van der Waals surface area contributed by atoms with Crippen molar-refractivity contribution in [3.8, 4) is 0 Å². The van der Waals surface area contributed by atoms with E-state index in [2.05, 4.69) is 167 Å². The number of hydrogen-bond donors (Lipinski definition) is 3. The fourth-order valence-electron chi connectivity index (χ4n) is 10.7. The average molecular weight is 1550 g/mol. The van der Waals surface area contributed by atoms with Gasteiger partial charge in [-0.1, -0.05) is 295 Å². The van der Waals surface area contributed by atoms with E-state index in [1.54, 1.807) is 0 Å². The van der Waals surface area contributed by atoms with Crippen LogP contribution in [0.4, 0.5) is 0 Å². The summed E-state index contributed by atoms with van der Waals surface area (Å²) in [5.74, 6) is -2.31. The highest BCUT2D eigenvalue weighted by Crippen LogP contribution is 2.45. The second-order valence-corrected chi connectivity index (χ2v) is 30.2. The molecule has 17 nitrogen and oxygen atoms in total. The Balaban J connectivity index is 5.46. The quantitative estimate of drug-likeness (QED) is 0.0169. The Kier molecular flexibility index (Phi) is 75.8. The Hall–Kier alpha value is -5.32. The molecule has 5 atom stereocenters. The molecular weight excluding hydrogens is 1400 g/mol. The lowest BCUT2D eigenvalue weighted by Crippen LogP contribution is -2.30. The van der Waals surface area contributed by atoms with Crippen LogP contribution >= 0.6 is 15.6 Å². The molecule has 3 N–H and O–H groups in total. The Morgan fingerprint density at radius 1 is 0.269 bits per heavy atom. The van der Waals surface area contributed by atoms with Crippen LogP contribution < -0.4 is 0 Å². The van der Waals surface area contributed by atoms with E-state index in [9.17, 15) is 43.2 Å². The summed E-state index contributed by atoms with van der Waals surface area (Å²) in [4.78, 5) is 73.1. The number of carbonyl (C=O) groups is 4. The molecule has 0 aromatic rings. The van der Waals surface area contributed by atoms with Gasteiger partial charge in [0, 0.05) is 25.7 Å². The number of phosphoric ester groups is 2. The maximum Gasteiger partial charge on any atom is 0.472 e. The zero-order valence-corrected chi connectivity index (χ0v) is 69.3. The summed E-state index contributed by atoms with van der Waals surface area (Å²) in [7, 11) is -10.0. The molecule has 5 unspecified atom stereocenters. The van der Waals surface area contributed by atoms with Crippen LogP contribution in [0.15, 0.2) is 158 Å². The molecule has 0 aliphatic carbocycles. The summed E-state index contributed by atoms with van der Waals surface area (Å²) in [6.07, 6.45) is 93.6. The normalized spacial score (nSPS) is 14.6. The number of allylic oxidation sites excluding steroid dienone is 26. The molecular formula is C89H148O17P2. The van der Waals surface area contributed by atoms with Crippen LogP contribution in [-0.2, 0) is 65.4 Å². The third-order valence-electron chi connectivity index (χ3n) is 17.0. The summed E-state index contributed by atoms with van der Waals surface area (Å²) in [5.41, 5.74) is 0. The number of esters is 4. The highest BCUT2D eigenvalue weighted by Gasteiger charge is 2.30. The molecule has 0 aliphatic rings. The third kappa shape index (κ3) is 78.8. The maximum absolute atomic E-state index is 13.1. The van der Waals surface area contributed by atoms with Gasteiger partial charge in [0.05, 0.1) is 26.4 Å². The maximum atomic E-state index is 13.1. The van der Waals surface area contributed by atoms with Crippen LogP contribution in [0, 0.1) is 0 Å². The number of hydrogen-bond acceptors (Lipinski definition) is 15. The van der Waals surface area contributed by atoms with Gasteiger partial charge in [0.25, 0.3) is 0 Å². The van der Waals surface area contributed by atoms with Crippen LogP contribution in [0.1, 0.15) is 323 Å². The fraction of sp³-hybridized carbons (Fsp3) is 0.663. The summed E-state index contributed by atoms with van der Waals surface area (Å²) in [5, 5.41) is 10.7. The number of phosphoric acid groups is 2. The second-order valence-electron chi connectivity index (χ2n) is 27.3. The Labute approximate surface area is 655 Å². The van der Waals surface area contributed by atoms with Gasteiger partial charge in [-0.2, -0.15) is 0 Å². The standard InChI is InChI=1S/C89H148O17P2/c1-5-9-13-17-21-25-29-33-37-39-41-43-47-49-53-57-61-65-69-73-86(91)99-79-84(105-88(93)75-71-67-63-59-55-51-45-35-31-27-23-19-15-11-7-3)81-103-107(95,96)101-77-83(90)78-102-108(97,98)104-82-85(106-89(94)76-72-68-64-60-56-52-46-36-32-28-24-20-16-12-8-4)80-100-87(92)74-70-66-62-58-54-50-48-44-42-40-38-34-30-26-22-18-14-10-6-2/h9-10,13-14,21-23,25-27,33-38,41-46,49,53,61,65,83-85,90H,5-8,11-12,15-20,24,28-32,39-40,47-48,50-52,54-60,62-64,66-82H2,1-4H3,(H,95,96)(H,97,98)/b13-9-,14-10-,25-21-,26-22-,27-23-,37-33-,38-34-,43-41-,44-42-,45-35-,46-36-,53-49-,65-61-. The van der Waals surface area contributed by atoms with Gasteiger partial charge in [0.1, 0.15) is 19.3 Å². The lowest BCUT2D eigenvalue weighted by molar-refractivity contribution is -0.161. The van der Waals surface area contributed by atoms with Crippen molar-refractivity contribution in [2.45, 2.75) is 341 Å². The molecule has 0 amide bonds. The zero-order chi connectivity index (χ0) is 78.9. The molecule has 0 aromatic heterocycles. The van der Waals surface area contributed by atoms with Gasteiger partial charge in [0.15, 0.2) is 12.2 Å². The minimum absolute atomic E-state index is 0.0286. The summed E-state index contributed by atoms with van der Waals surface area (Å²) in [6.45, 7) is 4.51. The van der Waals surface area contributed by atoms with Gasteiger partial charge in [-0.3, -0.25) is 37.3 Å². The number of aliphatic hydroxyl groups excluding tert-OH is 1. The fourth-order valence-corrected chi connectivity index (χ4v) is 12.3. The van der Waals surface area contributed by atoms with Gasteiger partial charge in [0.2, 0.25) is 0 Å². The largest absolute Gasteiger partial charge is 0.472 e. The van der Waals surface area contributed by atoms with E-state index in [0.717, 1.165) is 180 Å². The molecule has 0 aromatic carbocycles. The van der Waals surface area contributed by atoms with E-state index in [0.29, 0.717) is 32.1 Å². The van der Waals surface area contributed by atoms with Crippen LogP contribution in [-0.4, -0.2) is 96.7 Å². The average Bonchev–Trinajstić information content (AvgIpc) is 0.923. The van der Waals surface area contributed by atoms with Gasteiger partial charge >= 0.3 is 39.5 Å². The molecule has 616 valence electrons. The Bertz CT molecular complexity index is 2660. The van der Waals surface area contributed by atoms with E-state index in [1.807, 2.05) is 18.2 Å². The van der Waals surface area contributed by atoms with Crippen molar-refractivity contribution >= 4 is 39.5 Å². The summed E-state index contributed by atoms with van der Waals surface area (Å²) >= 11 is 0. The molecule has 0 bridgehead atoms. The molecule has 0 aliphatic heterocycles. The summed E-state index contributed by atoms with van der Waals surface area (Å²) in [6, 6.07) is 0. The number of rotatable bonds is 77. The van der Waals surface area contributed by atoms with E-state index in [-0.39, 0.29) is 25.7 Å². The van der Waals surface area contributed by atoms with Gasteiger partial charge in [-0.05, 0) is 161 Å². The molecule has 108 heavy (non-hydrogen) atoms. The Morgan fingerprint density at radius 2 is 0.500 bits per heavy atom. The number of unbranched alkanes of at least 4 members (excludes halogenated alkanes) is 25. The van der Waals surface area contributed by atoms with Crippen molar-refractivity contribution < 1.29 is 80.2 Å². The van der Waals surface area contributed by atoms with Gasteiger partial charge < -0.3 is 33.8 Å². The van der Waals surface area contributed by atoms with Crippen molar-refractivity contribution in [1.29, 1.82) is 0 Å². The molecule has 0 spiro atoms. The first-order chi connectivity index (χ1) is 52.7. The predicted octanol–water partition coefficient (Wildman–Crippen LogP) is 24.8. The van der Waals surface area contributed by atoms with Crippen molar-refractivity contribution in [1.82, 2.24) is 0 Å².